The van der Waals surface area contributed by atoms with Gasteiger partial charge in [0.2, 0.25) is 0 Å². The van der Waals surface area contributed by atoms with E-state index in [1.54, 1.807) is 27.4 Å². The molecule has 1 unspecified atom stereocenters. The largest absolute Gasteiger partial charge is 0.347 e. The van der Waals surface area contributed by atoms with E-state index in [9.17, 15) is 14.0 Å². The van der Waals surface area contributed by atoms with E-state index in [4.69, 9.17) is 5.10 Å². The summed E-state index contributed by atoms with van der Waals surface area (Å²) in [5, 5.41) is 7.85. The molecule has 8 nitrogen and oxygen atoms in total. The van der Waals surface area contributed by atoms with Crippen LogP contribution >= 0.6 is 0 Å². The Bertz CT molecular complexity index is 1560. The van der Waals surface area contributed by atoms with Crippen molar-refractivity contribution in [1.82, 2.24) is 24.5 Å². The van der Waals surface area contributed by atoms with Crippen LogP contribution in [0.5, 0.6) is 0 Å². The maximum atomic E-state index is 14.2. The van der Waals surface area contributed by atoms with Crippen molar-refractivity contribution >= 4 is 17.4 Å². The van der Waals surface area contributed by atoms with Gasteiger partial charge in [0, 0.05) is 25.7 Å². The van der Waals surface area contributed by atoms with Crippen LogP contribution in [0.4, 0.5) is 10.2 Å². The fourth-order valence-corrected chi connectivity index (χ4v) is 5.26. The standard InChI is InChI=1S/C28H31FN6O2.C2H6.H2/c1-16(2)34-19(5)17(3)11-23(28(34)37)27(36)31-22-13-24(20-7-6-8-21(29)12-20)33(15-22)26-10-9-25-30-14-18(4)35(25)32-26;1-2;/h6-12,14,16,22,24H,13,15H2,1-5H3,(H,31,36);1-2H3;1H/t22?,24-;;/m1../s1. The summed E-state index contributed by atoms with van der Waals surface area (Å²) in [6, 6.07) is 11.4. The number of anilines is 1. The second-order valence-corrected chi connectivity index (χ2v) is 10.1. The Morgan fingerprint density at radius 2 is 1.87 bits per heavy atom. The smallest absolute Gasteiger partial charge is 0.263 e. The third-order valence-electron chi connectivity index (χ3n) is 7.19. The number of nitrogens with zero attached hydrogens (tertiary/aromatic N) is 5. The van der Waals surface area contributed by atoms with Crippen LogP contribution in [0.3, 0.4) is 0 Å². The van der Waals surface area contributed by atoms with Crippen LogP contribution in [0.25, 0.3) is 5.65 Å². The number of hydrogen-bond acceptors (Lipinski definition) is 5. The highest BCUT2D eigenvalue weighted by molar-refractivity contribution is 5.94. The fraction of sp³-hybridized carbons (Fsp3) is 0.400. The lowest BCUT2D eigenvalue weighted by molar-refractivity contribution is 0.0937. The number of benzene rings is 1. The van der Waals surface area contributed by atoms with Gasteiger partial charge in [0.15, 0.2) is 5.65 Å². The van der Waals surface area contributed by atoms with Gasteiger partial charge in [-0.3, -0.25) is 9.59 Å². The number of fused-ring (bicyclic) bond motifs is 1. The van der Waals surface area contributed by atoms with Crippen LogP contribution in [-0.4, -0.2) is 37.7 Å². The third kappa shape index (κ3) is 5.44. The van der Waals surface area contributed by atoms with E-state index in [0.29, 0.717) is 18.8 Å². The molecule has 1 aromatic carbocycles. The molecule has 1 N–H and O–H groups in total. The number of rotatable bonds is 5. The van der Waals surface area contributed by atoms with Crippen molar-refractivity contribution in [2.45, 2.75) is 73.0 Å². The normalized spacial score (nSPS) is 16.9. The number of carbonyl (C=O) groups is 1. The number of aromatic nitrogens is 4. The van der Waals surface area contributed by atoms with Crippen molar-refractivity contribution in [2.24, 2.45) is 0 Å². The van der Waals surface area contributed by atoms with Crippen molar-refractivity contribution in [2.75, 3.05) is 11.4 Å². The number of aryl methyl sites for hydroxylation is 2. The summed E-state index contributed by atoms with van der Waals surface area (Å²) in [7, 11) is 0. The molecule has 4 heterocycles. The summed E-state index contributed by atoms with van der Waals surface area (Å²) in [5.74, 6) is -0.0164. The molecular formula is C30H39FN6O2. The summed E-state index contributed by atoms with van der Waals surface area (Å²) in [6.07, 6.45) is 2.30. The molecule has 39 heavy (non-hydrogen) atoms. The van der Waals surface area contributed by atoms with Crippen molar-refractivity contribution in [3.8, 4) is 0 Å². The Morgan fingerprint density at radius 1 is 1.13 bits per heavy atom. The molecule has 0 spiro atoms. The monoisotopic (exact) mass is 534 g/mol. The zero-order chi connectivity index (χ0) is 28.4. The Kier molecular flexibility index (Phi) is 8.18. The van der Waals surface area contributed by atoms with Gasteiger partial charge in [0.25, 0.3) is 11.5 Å². The summed E-state index contributed by atoms with van der Waals surface area (Å²) >= 11 is 0. The van der Waals surface area contributed by atoms with E-state index in [1.807, 2.05) is 66.7 Å². The van der Waals surface area contributed by atoms with Gasteiger partial charge in [0.1, 0.15) is 17.2 Å². The second-order valence-electron chi connectivity index (χ2n) is 10.1. The number of amides is 1. The predicted octanol–water partition coefficient (Wildman–Crippen LogP) is 5.56. The fourth-order valence-electron chi connectivity index (χ4n) is 5.26. The van der Waals surface area contributed by atoms with Crippen LogP contribution in [0.15, 0.2) is 53.5 Å². The summed E-state index contributed by atoms with van der Waals surface area (Å²) in [4.78, 5) is 32.9. The molecule has 3 aromatic heterocycles. The number of pyridine rings is 1. The summed E-state index contributed by atoms with van der Waals surface area (Å²) in [6.45, 7) is 14.0. The van der Waals surface area contributed by atoms with Gasteiger partial charge in [-0.25, -0.2) is 13.9 Å². The van der Waals surface area contributed by atoms with E-state index in [2.05, 4.69) is 15.2 Å². The van der Waals surface area contributed by atoms with E-state index >= 15 is 0 Å². The first-order valence-electron chi connectivity index (χ1n) is 13.5. The lowest BCUT2D eigenvalue weighted by Crippen LogP contribution is -2.41. The average Bonchev–Trinajstić information content (AvgIpc) is 3.50. The molecule has 1 aliphatic heterocycles. The van der Waals surface area contributed by atoms with E-state index in [0.717, 1.165) is 28.2 Å². The molecule has 1 aliphatic rings. The molecule has 1 amide bonds. The van der Waals surface area contributed by atoms with Crippen molar-refractivity contribution in [3.63, 3.8) is 0 Å². The lowest BCUT2D eigenvalue weighted by atomic mass is 10.0. The molecule has 0 radical (unpaired) electrons. The van der Waals surface area contributed by atoms with Crippen LogP contribution in [0.2, 0.25) is 0 Å². The third-order valence-corrected chi connectivity index (χ3v) is 7.19. The molecular weight excluding hydrogens is 495 g/mol. The Morgan fingerprint density at radius 3 is 2.56 bits per heavy atom. The van der Waals surface area contributed by atoms with Gasteiger partial charge < -0.3 is 14.8 Å². The Hall–Kier alpha value is -4.01. The lowest BCUT2D eigenvalue weighted by Gasteiger charge is -2.26. The first-order valence-corrected chi connectivity index (χ1v) is 13.5. The molecule has 1 saturated heterocycles. The highest BCUT2D eigenvalue weighted by atomic mass is 19.1. The average molecular weight is 535 g/mol. The predicted molar refractivity (Wildman–Crippen MR) is 154 cm³/mol. The minimum atomic E-state index is -0.402. The van der Waals surface area contributed by atoms with Crippen LogP contribution in [0.1, 0.15) is 80.5 Å². The number of nitrogens with one attached hydrogen (secondary N) is 1. The zero-order valence-corrected chi connectivity index (χ0v) is 23.7. The first kappa shape index (κ1) is 28.0. The van der Waals surface area contributed by atoms with Crippen molar-refractivity contribution < 1.29 is 10.6 Å². The van der Waals surface area contributed by atoms with Crippen LogP contribution < -0.4 is 15.8 Å². The minimum absolute atomic E-state index is 0. The van der Waals surface area contributed by atoms with Crippen LogP contribution in [0, 0.1) is 26.6 Å². The highest BCUT2D eigenvalue weighted by Crippen LogP contribution is 2.36. The SMILES string of the molecule is CC.Cc1cc(C(=O)NC2C[C@H](c3cccc(F)c3)N(c3ccc4ncc(C)n4n3)C2)c(=O)n(C(C)C)c1C.[HH]. The second kappa shape index (κ2) is 11.4. The Balaban J connectivity index is 0.00000144. The Labute approximate surface area is 230 Å². The molecule has 5 rings (SSSR count). The maximum Gasteiger partial charge on any atom is 0.263 e. The maximum absolute atomic E-state index is 14.2. The van der Waals surface area contributed by atoms with Crippen LogP contribution in [-0.2, 0) is 0 Å². The molecule has 1 fully saturated rings. The quantitative estimate of drug-likeness (QED) is 0.363. The van der Waals surface area contributed by atoms with E-state index in [-0.39, 0.29) is 36.5 Å². The van der Waals surface area contributed by atoms with Gasteiger partial charge in [0.05, 0.1) is 17.9 Å². The molecule has 0 saturated carbocycles. The van der Waals surface area contributed by atoms with Crippen molar-refractivity contribution in [3.05, 3.63) is 92.9 Å². The van der Waals surface area contributed by atoms with E-state index < -0.39 is 5.91 Å². The van der Waals surface area contributed by atoms with Gasteiger partial charge in [-0.1, -0.05) is 26.0 Å². The van der Waals surface area contributed by atoms with Crippen molar-refractivity contribution in [1.29, 1.82) is 0 Å². The van der Waals surface area contributed by atoms with E-state index in [1.165, 1.54) is 12.1 Å². The topological polar surface area (TPSA) is 84.5 Å². The molecule has 9 heteroatoms. The molecule has 0 aliphatic carbocycles. The van der Waals surface area contributed by atoms with Gasteiger partial charge >= 0.3 is 0 Å². The first-order chi connectivity index (χ1) is 18.6. The number of hydrogen-bond donors (Lipinski definition) is 1. The number of imidazole rings is 1. The highest BCUT2D eigenvalue weighted by Gasteiger charge is 2.36. The molecule has 2 atom stereocenters. The molecule has 4 aromatic rings. The van der Waals surface area contributed by atoms with Gasteiger partial charge in [-0.2, -0.15) is 0 Å². The minimum Gasteiger partial charge on any atom is -0.347 e. The number of halogens is 1. The molecule has 0 bridgehead atoms. The summed E-state index contributed by atoms with van der Waals surface area (Å²) in [5.41, 5.74) is 4.02. The van der Waals surface area contributed by atoms with Gasteiger partial charge in [-0.15, -0.1) is 5.10 Å². The molecule has 208 valence electrons. The zero-order valence-electron chi connectivity index (χ0n) is 23.7. The number of carbonyl (C=O) groups excluding carboxylic acids is 1. The summed E-state index contributed by atoms with van der Waals surface area (Å²) < 4.78 is 17.6. The van der Waals surface area contributed by atoms with Gasteiger partial charge in [-0.05, 0) is 82.5 Å².